The Bertz CT molecular complexity index is 1140. The number of carbonyl (C=O) groups excluding carboxylic acids is 1. The van der Waals surface area contributed by atoms with Crippen molar-refractivity contribution in [3.8, 4) is 11.5 Å². The Morgan fingerprint density at radius 1 is 0.933 bits per heavy atom. The summed E-state index contributed by atoms with van der Waals surface area (Å²) in [5.74, 6) is 1.42. The van der Waals surface area contributed by atoms with Crippen LogP contribution < -0.4 is 14.8 Å². The lowest BCUT2D eigenvalue weighted by Gasteiger charge is -2.18. The highest BCUT2D eigenvalue weighted by Gasteiger charge is 2.19. The lowest BCUT2D eigenvalue weighted by atomic mass is 9.88. The number of rotatable bonds is 7. The molecule has 1 atom stereocenters. The number of amides is 1. The van der Waals surface area contributed by atoms with Crippen molar-refractivity contribution >= 4 is 32.6 Å². The van der Waals surface area contributed by atoms with E-state index in [0.29, 0.717) is 11.6 Å². The summed E-state index contributed by atoms with van der Waals surface area (Å²) in [6, 6.07) is 23.6. The lowest BCUT2D eigenvalue weighted by Crippen LogP contribution is -2.16. The molecule has 6 heteroatoms. The van der Waals surface area contributed by atoms with Crippen molar-refractivity contribution in [1.82, 2.24) is 4.98 Å². The van der Waals surface area contributed by atoms with Crippen LogP contribution in [0.15, 0.2) is 72.8 Å². The van der Waals surface area contributed by atoms with Gasteiger partial charge in [0, 0.05) is 12.3 Å². The summed E-state index contributed by atoms with van der Waals surface area (Å²) < 4.78 is 11.5. The number of hydrogen-bond donors (Lipinski definition) is 1. The number of ether oxygens (including phenoxy) is 2. The Balaban J connectivity index is 1.55. The lowest BCUT2D eigenvalue weighted by molar-refractivity contribution is -0.116. The number of nitrogens with one attached hydrogen (secondary N) is 1. The van der Waals surface area contributed by atoms with Gasteiger partial charge >= 0.3 is 0 Å². The van der Waals surface area contributed by atoms with E-state index in [1.54, 1.807) is 14.2 Å². The van der Waals surface area contributed by atoms with Crippen LogP contribution in [0.5, 0.6) is 11.5 Å². The van der Waals surface area contributed by atoms with Gasteiger partial charge in [-0.05, 0) is 41.5 Å². The van der Waals surface area contributed by atoms with Gasteiger partial charge in [-0.2, -0.15) is 0 Å². The first-order chi connectivity index (χ1) is 14.7. The molecule has 1 unspecified atom stereocenters. The fourth-order valence-corrected chi connectivity index (χ4v) is 4.30. The SMILES string of the molecule is COc1ccc(C(CC(=O)Nc2nc3ccc(OC)cc3s2)c2ccccc2)cc1. The molecule has 0 radical (unpaired) electrons. The van der Waals surface area contributed by atoms with Gasteiger partial charge in [-0.3, -0.25) is 4.79 Å². The van der Waals surface area contributed by atoms with Crippen LogP contribution in [0, 0.1) is 0 Å². The number of fused-ring (bicyclic) bond motifs is 1. The zero-order valence-electron chi connectivity index (χ0n) is 16.8. The molecule has 3 aromatic carbocycles. The summed E-state index contributed by atoms with van der Waals surface area (Å²) in [7, 11) is 3.28. The van der Waals surface area contributed by atoms with Crippen LogP contribution in [-0.2, 0) is 4.79 Å². The van der Waals surface area contributed by atoms with Gasteiger partial charge in [-0.15, -0.1) is 0 Å². The van der Waals surface area contributed by atoms with E-state index >= 15 is 0 Å². The van der Waals surface area contributed by atoms with Crippen LogP contribution in [0.4, 0.5) is 5.13 Å². The highest BCUT2D eigenvalue weighted by molar-refractivity contribution is 7.22. The van der Waals surface area contributed by atoms with E-state index in [0.717, 1.165) is 32.8 Å². The molecule has 0 aliphatic heterocycles. The number of hydrogen-bond acceptors (Lipinski definition) is 5. The third-order valence-corrected chi connectivity index (χ3v) is 5.89. The predicted molar refractivity (Wildman–Crippen MR) is 121 cm³/mol. The number of carbonyl (C=O) groups is 1. The van der Waals surface area contributed by atoms with Gasteiger partial charge in [0.15, 0.2) is 5.13 Å². The number of anilines is 1. The fraction of sp³-hybridized carbons (Fsp3) is 0.167. The van der Waals surface area contributed by atoms with Crippen molar-refractivity contribution in [3.63, 3.8) is 0 Å². The molecule has 1 heterocycles. The zero-order valence-corrected chi connectivity index (χ0v) is 17.6. The normalized spacial score (nSPS) is 11.8. The Labute approximate surface area is 179 Å². The Hall–Kier alpha value is -3.38. The van der Waals surface area contributed by atoms with E-state index in [4.69, 9.17) is 9.47 Å². The molecule has 0 bridgehead atoms. The third kappa shape index (κ3) is 4.44. The molecule has 0 aliphatic rings. The molecule has 4 aromatic rings. The minimum Gasteiger partial charge on any atom is -0.497 e. The second kappa shape index (κ2) is 8.97. The maximum Gasteiger partial charge on any atom is 0.227 e. The van der Waals surface area contributed by atoms with Crippen LogP contribution in [0.3, 0.4) is 0 Å². The molecule has 0 saturated heterocycles. The van der Waals surface area contributed by atoms with Crippen LogP contribution in [0.2, 0.25) is 0 Å². The molecule has 152 valence electrons. The van der Waals surface area contributed by atoms with Gasteiger partial charge < -0.3 is 14.8 Å². The van der Waals surface area contributed by atoms with Crippen molar-refractivity contribution in [3.05, 3.63) is 83.9 Å². The summed E-state index contributed by atoms with van der Waals surface area (Å²) in [5.41, 5.74) is 2.99. The molecular weight excluding hydrogens is 396 g/mol. The first kappa shape index (κ1) is 19.9. The number of aromatic nitrogens is 1. The molecule has 1 aromatic heterocycles. The maximum atomic E-state index is 12.9. The maximum absolute atomic E-state index is 12.9. The van der Waals surface area contributed by atoms with Crippen LogP contribution in [0.1, 0.15) is 23.5 Å². The molecule has 0 saturated carbocycles. The highest BCUT2D eigenvalue weighted by atomic mass is 32.1. The first-order valence-electron chi connectivity index (χ1n) is 9.59. The van der Waals surface area contributed by atoms with Gasteiger partial charge in [-0.25, -0.2) is 4.98 Å². The smallest absolute Gasteiger partial charge is 0.227 e. The molecule has 0 spiro atoms. The van der Waals surface area contributed by atoms with Gasteiger partial charge in [0.1, 0.15) is 11.5 Å². The molecule has 5 nitrogen and oxygen atoms in total. The fourth-order valence-electron chi connectivity index (χ4n) is 3.39. The van der Waals surface area contributed by atoms with E-state index < -0.39 is 0 Å². The van der Waals surface area contributed by atoms with Crippen molar-refractivity contribution in [2.45, 2.75) is 12.3 Å². The third-order valence-electron chi connectivity index (χ3n) is 4.95. The Morgan fingerprint density at radius 3 is 2.30 bits per heavy atom. The van der Waals surface area contributed by atoms with E-state index in [9.17, 15) is 4.79 Å². The largest absolute Gasteiger partial charge is 0.497 e. The zero-order chi connectivity index (χ0) is 20.9. The van der Waals surface area contributed by atoms with Crippen LogP contribution in [0.25, 0.3) is 10.2 Å². The second-order valence-electron chi connectivity index (χ2n) is 6.84. The summed E-state index contributed by atoms with van der Waals surface area (Å²) in [5, 5.41) is 3.55. The molecular formula is C24H22N2O3S. The van der Waals surface area contributed by atoms with Gasteiger partial charge in [0.25, 0.3) is 0 Å². The molecule has 1 N–H and O–H groups in total. The summed E-state index contributed by atoms with van der Waals surface area (Å²) in [6.07, 6.45) is 0.315. The summed E-state index contributed by atoms with van der Waals surface area (Å²) >= 11 is 1.44. The number of methoxy groups -OCH3 is 2. The van der Waals surface area contributed by atoms with Gasteiger partial charge in [0.2, 0.25) is 5.91 Å². The first-order valence-corrected chi connectivity index (χ1v) is 10.4. The number of benzene rings is 3. The van der Waals surface area contributed by atoms with Crippen molar-refractivity contribution in [2.24, 2.45) is 0 Å². The van der Waals surface area contributed by atoms with E-state index in [1.807, 2.05) is 72.8 Å². The molecule has 4 rings (SSSR count). The molecule has 0 fully saturated rings. The standard InChI is InChI=1S/C24H22N2O3S/c1-28-18-10-8-17(9-11-18)20(16-6-4-3-5-7-16)15-23(27)26-24-25-21-13-12-19(29-2)14-22(21)30-24/h3-14,20H,15H2,1-2H3,(H,25,26,27). The predicted octanol–water partition coefficient (Wildman–Crippen LogP) is 5.47. The van der Waals surface area contributed by atoms with Crippen LogP contribution in [-0.4, -0.2) is 25.1 Å². The van der Waals surface area contributed by atoms with Gasteiger partial charge in [-0.1, -0.05) is 53.8 Å². The molecule has 30 heavy (non-hydrogen) atoms. The topological polar surface area (TPSA) is 60.5 Å². The number of thiazole rings is 1. The summed E-state index contributed by atoms with van der Waals surface area (Å²) in [4.78, 5) is 17.4. The Morgan fingerprint density at radius 2 is 1.60 bits per heavy atom. The van der Waals surface area contributed by atoms with E-state index in [2.05, 4.69) is 10.3 Å². The highest BCUT2D eigenvalue weighted by Crippen LogP contribution is 2.32. The van der Waals surface area contributed by atoms with E-state index in [-0.39, 0.29) is 11.8 Å². The van der Waals surface area contributed by atoms with Crippen molar-refractivity contribution in [1.29, 1.82) is 0 Å². The van der Waals surface area contributed by atoms with E-state index in [1.165, 1.54) is 11.3 Å². The number of nitrogens with zero attached hydrogens (tertiary/aromatic N) is 1. The Kier molecular flexibility index (Phi) is 5.95. The second-order valence-corrected chi connectivity index (χ2v) is 7.87. The molecule has 0 aliphatic carbocycles. The average Bonchev–Trinajstić information content (AvgIpc) is 3.19. The minimum absolute atomic E-state index is 0.0634. The van der Waals surface area contributed by atoms with Gasteiger partial charge in [0.05, 0.1) is 24.4 Å². The summed E-state index contributed by atoms with van der Waals surface area (Å²) in [6.45, 7) is 0. The molecule has 1 amide bonds. The monoisotopic (exact) mass is 418 g/mol. The van der Waals surface area contributed by atoms with Crippen LogP contribution >= 0.6 is 11.3 Å². The van der Waals surface area contributed by atoms with Crippen molar-refractivity contribution < 1.29 is 14.3 Å². The quantitative estimate of drug-likeness (QED) is 0.432. The average molecular weight is 419 g/mol. The van der Waals surface area contributed by atoms with Crippen molar-refractivity contribution in [2.75, 3.05) is 19.5 Å². The minimum atomic E-state index is -0.0781.